The molecule has 0 unspecified atom stereocenters. The van der Waals surface area contributed by atoms with Crippen LogP contribution in [0.25, 0.3) is 88.3 Å². The predicted octanol–water partition coefficient (Wildman–Crippen LogP) is 17.8. The van der Waals surface area contributed by atoms with Crippen molar-refractivity contribution in [2.24, 2.45) is 0 Å². The molecule has 0 fully saturated rings. The minimum Gasteiger partial charge on any atom is -0.455 e. The summed E-state index contributed by atoms with van der Waals surface area (Å²) in [6, 6.07) is 78.4. The van der Waals surface area contributed by atoms with E-state index >= 15 is 0 Å². The Balaban J connectivity index is 0.986. The van der Waals surface area contributed by atoms with Crippen molar-refractivity contribution in [2.45, 2.75) is 38.5 Å². The lowest BCUT2D eigenvalue weighted by molar-refractivity contribution is 0.660. The van der Waals surface area contributed by atoms with E-state index in [0.717, 1.165) is 50.0 Å². The van der Waals surface area contributed by atoms with E-state index < -0.39 is 0 Å². The first-order valence-corrected chi connectivity index (χ1v) is 23.2. The van der Waals surface area contributed by atoms with Crippen LogP contribution in [-0.2, 0) is 10.8 Å². The van der Waals surface area contributed by atoms with Gasteiger partial charge in [0.25, 0.3) is 0 Å². The normalized spacial score (nSPS) is 14.0. The van der Waals surface area contributed by atoms with Gasteiger partial charge in [0.2, 0.25) is 0 Å². The molecule has 0 atom stereocenters. The number of anilines is 3. The number of furan rings is 1. The maximum atomic E-state index is 6.54. The summed E-state index contributed by atoms with van der Waals surface area (Å²) in [7, 11) is 0. The van der Waals surface area contributed by atoms with Crippen LogP contribution in [0.2, 0.25) is 0 Å². The molecule has 0 N–H and O–H groups in total. The lowest BCUT2D eigenvalue weighted by Crippen LogP contribution is -2.18. The Hall–Kier alpha value is -7.94. The van der Waals surface area contributed by atoms with Crippen LogP contribution in [0.5, 0.6) is 0 Å². The van der Waals surface area contributed by atoms with Gasteiger partial charge in [0.1, 0.15) is 11.2 Å². The number of nitrogens with zero attached hydrogens (tertiary/aromatic N) is 1. The highest BCUT2D eigenvalue weighted by Crippen LogP contribution is 2.54. The van der Waals surface area contributed by atoms with Gasteiger partial charge >= 0.3 is 0 Å². The number of para-hydroxylation sites is 1. The van der Waals surface area contributed by atoms with Gasteiger partial charge in [-0.1, -0.05) is 179 Å². The van der Waals surface area contributed by atoms with Crippen LogP contribution >= 0.6 is 0 Å². The van der Waals surface area contributed by atoms with E-state index in [1.807, 2.05) is 6.07 Å². The lowest BCUT2D eigenvalue weighted by Gasteiger charge is -2.30. The zero-order valence-corrected chi connectivity index (χ0v) is 37.6. The first-order chi connectivity index (χ1) is 32.2. The van der Waals surface area contributed by atoms with Crippen molar-refractivity contribution in [3.63, 3.8) is 0 Å². The molecule has 1 aromatic heterocycles. The fraction of sp³-hybridized carbons (Fsp3) is 0.0938. The molecule has 11 aromatic rings. The van der Waals surface area contributed by atoms with Crippen LogP contribution in [0.4, 0.5) is 17.1 Å². The van der Waals surface area contributed by atoms with E-state index in [9.17, 15) is 0 Å². The van der Waals surface area contributed by atoms with Gasteiger partial charge in [-0.2, -0.15) is 0 Å². The zero-order valence-electron chi connectivity index (χ0n) is 37.6. The summed E-state index contributed by atoms with van der Waals surface area (Å²) in [5.74, 6) is 0. The molecule has 10 aromatic carbocycles. The third-order valence-electron chi connectivity index (χ3n) is 14.8. The number of rotatable bonds is 6. The average Bonchev–Trinajstić information content (AvgIpc) is 3.93. The summed E-state index contributed by atoms with van der Waals surface area (Å²) in [5, 5.41) is 4.56. The maximum absolute atomic E-state index is 6.54. The molecular weight excluding hydrogens is 799 g/mol. The topological polar surface area (TPSA) is 16.4 Å². The molecule has 1 heterocycles. The van der Waals surface area contributed by atoms with Gasteiger partial charge < -0.3 is 9.32 Å². The van der Waals surface area contributed by atoms with Crippen LogP contribution < -0.4 is 4.90 Å². The molecule has 0 radical (unpaired) electrons. The second-order valence-electron chi connectivity index (χ2n) is 19.3. The van der Waals surface area contributed by atoms with E-state index in [2.05, 4.69) is 239 Å². The van der Waals surface area contributed by atoms with E-state index in [-0.39, 0.29) is 10.8 Å². The number of fused-ring (bicyclic) bond motifs is 11. The van der Waals surface area contributed by atoms with Crippen LogP contribution in [0, 0.1) is 0 Å². The molecule has 0 spiro atoms. The molecule has 314 valence electrons. The summed E-state index contributed by atoms with van der Waals surface area (Å²) in [6.45, 7) is 9.56. The standard InChI is InChI=1S/C64H47NO/c1-63(2)57-35-42(40-16-7-5-8-17-40)26-30-49(57)51-32-28-46(37-59(51)63)65(47-29-33-52-50-31-27-43(41-18-9-6-10-19-41)36-58(50)64(3,4)60(52)38-47)45-21-15-20-44(34-45)55-39-56-53-23-13-14-25-61(53)66-62(56)54-24-12-11-22-48(54)55/h5-39H,1-4H3. The Morgan fingerprint density at radius 2 is 0.758 bits per heavy atom. The molecule has 0 saturated carbocycles. The largest absolute Gasteiger partial charge is 0.455 e. The Morgan fingerprint density at radius 3 is 1.33 bits per heavy atom. The minimum absolute atomic E-state index is 0.210. The molecule has 13 rings (SSSR count). The van der Waals surface area contributed by atoms with Crippen LogP contribution in [0.1, 0.15) is 49.9 Å². The number of hydrogen-bond acceptors (Lipinski definition) is 2. The predicted molar refractivity (Wildman–Crippen MR) is 277 cm³/mol. The van der Waals surface area contributed by atoms with Crippen LogP contribution in [-0.4, -0.2) is 0 Å². The van der Waals surface area contributed by atoms with Gasteiger partial charge in [0.15, 0.2) is 0 Å². The number of hydrogen-bond donors (Lipinski definition) is 0. The highest BCUT2D eigenvalue weighted by molar-refractivity contribution is 6.19. The summed E-state index contributed by atoms with van der Waals surface area (Å²) in [4.78, 5) is 2.49. The van der Waals surface area contributed by atoms with Crippen molar-refractivity contribution in [3.05, 3.63) is 235 Å². The molecule has 0 amide bonds. The minimum atomic E-state index is -0.210. The van der Waals surface area contributed by atoms with Gasteiger partial charge in [-0.25, -0.2) is 0 Å². The molecule has 0 saturated heterocycles. The third kappa shape index (κ3) is 5.74. The summed E-state index contributed by atoms with van der Waals surface area (Å²) in [5.41, 5.74) is 22.8. The van der Waals surface area contributed by atoms with Crippen LogP contribution in [0.15, 0.2) is 217 Å². The van der Waals surface area contributed by atoms with E-state index in [0.29, 0.717) is 0 Å². The van der Waals surface area contributed by atoms with Crippen molar-refractivity contribution < 1.29 is 4.42 Å². The highest BCUT2D eigenvalue weighted by Gasteiger charge is 2.38. The average molecular weight is 846 g/mol. The van der Waals surface area contributed by atoms with Gasteiger partial charge in [0, 0.05) is 44.1 Å². The lowest BCUT2D eigenvalue weighted by atomic mass is 9.81. The second kappa shape index (κ2) is 14.3. The Morgan fingerprint density at radius 1 is 0.303 bits per heavy atom. The number of benzene rings is 10. The van der Waals surface area contributed by atoms with E-state index in [1.165, 1.54) is 77.7 Å². The molecule has 0 bridgehead atoms. The summed E-state index contributed by atoms with van der Waals surface area (Å²) < 4.78 is 6.54. The molecular formula is C64H47NO. The molecule has 0 aliphatic heterocycles. The van der Waals surface area contributed by atoms with Crippen molar-refractivity contribution in [3.8, 4) is 55.6 Å². The SMILES string of the molecule is CC1(C)c2cc(-c3ccccc3)ccc2-c2ccc(N(c3cccc(-c4cc5c6ccccc6oc5c5ccccc45)c3)c3ccc4c(c3)C(C)(C)c3cc(-c5ccccc5)ccc3-4)cc21. The molecule has 2 nitrogen and oxygen atoms in total. The summed E-state index contributed by atoms with van der Waals surface area (Å²) in [6.07, 6.45) is 0. The van der Waals surface area contributed by atoms with Crippen LogP contribution in [0.3, 0.4) is 0 Å². The fourth-order valence-corrected chi connectivity index (χ4v) is 11.4. The third-order valence-corrected chi connectivity index (χ3v) is 14.8. The van der Waals surface area contributed by atoms with Crippen molar-refractivity contribution in [2.75, 3.05) is 4.90 Å². The Labute approximate surface area is 386 Å². The van der Waals surface area contributed by atoms with Gasteiger partial charge in [-0.3, -0.25) is 0 Å². The Kier molecular flexibility index (Phi) is 8.33. The smallest absolute Gasteiger partial charge is 0.143 e. The van der Waals surface area contributed by atoms with Crippen molar-refractivity contribution in [1.82, 2.24) is 0 Å². The zero-order chi connectivity index (χ0) is 44.3. The highest BCUT2D eigenvalue weighted by atomic mass is 16.3. The van der Waals surface area contributed by atoms with Crippen molar-refractivity contribution >= 4 is 49.8 Å². The Bertz CT molecular complexity index is 3610. The van der Waals surface area contributed by atoms with E-state index in [1.54, 1.807) is 0 Å². The molecule has 66 heavy (non-hydrogen) atoms. The maximum Gasteiger partial charge on any atom is 0.143 e. The first-order valence-electron chi connectivity index (χ1n) is 23.2. The van der Waals surface area contributed by atoms with Gasteiger partial charge in [-0.15, -0.1) is 0 Å². The quantitative estimate of drug-likeness (QED) is 0.166. The molecule has 2 aliphatic carbocycles. The van der Waals surface area contributed by atoms with Gasteiger partial charge in [-0.05, 0) is 144 Å². The monoisotopic (exact) mass is 845 g/mol. The first kappa shape index (κ1) is 38.5. The fourth-order valence-electron chi connectivity index (χ4n) is 11.4. The van der Waals surface area contributed by atoms with E-state index in [4.69, 9.17) is 4.42 Å². The van der Waals surface area contributed by atoms with Gasteiger partial charge in [0.05, 0.1) is 0 Å². The molecule has 2 heteroatoms. The van der Waals surface area contributed by atoms with Crippen molar-refractivity contribution in [1.29, 1.82) is 0 Å². The summed E-state index contributed by atoms with van der Waals surface area (Å²) >= 11 is 0. The second-order valence-corrected chi connectivity index (χ2v) is 19.3. The molecule has 2 aliphatic rings.